The molecule has 1 heterocycles. The molecular weight excluding hydrogens is 222 g/mol. The lowest BCUT2D eigenvalue weighted by Gasteiger charge is -2.26. The van der Waals surface area contributed by atoms with Gasteiger partial charge in [0.05, 0.1) is 0 Å². The lowest BCUT2D eigenvalue weighted by atomic mass is 10.1. The van der Waals surface area contributed by atoms with Gasteiger partial charge in [0.15, 0.2) is 5.11 Å². The van der Waals surface area contributed by atoms with Crippen molar-refractivity contribution in [3.05, 3.63) is 0 Å². The number of hydrogen-bond acceptors (Lipinski definition) is 2. The van der Waals surface area contributed by atoms with Crippen molar-refractivity contribution in [3.63, 3.8) is 0 Å². The average molecular weight is 241 g/mol. The van der Waals surface area contributed by atoms with Crippen LogP contribution in [0.4, 0.5) is 0 Å². The minimum Gasteiger partial charge on any atom is -0.360 e. The summed E-state index contributed by atoms with van der Waals surface area (Å²) in [6, 6.07) is 0.845. The second-order valence-corrected chi connectivity index (χ2v) is 5.05. The maximum absolute atomic E-state index is 11.0. The Morgan fingerprint density at radius 1 is 1.19 bits per heavy atom. The fourth-order valence-corrected chi connectivity index (χ4v) is 2.67. The third kappa shape index (κ3) is 3.33. The number of nitrogens with one attached hydrogen (secondary N) is 3. The highest BCUT2D eigenvalue weighted by atomic mass is 32.1. The van der Waals surface area contributed by atoms with Gasteiger partial charge in [-0.25, -0.2) is 0 Å². The molecule has 0 bridgehead atoms. The highest BCUT2D eigenvalue weighted by Gasteiger charge is 2.20. The van der Waals surface area contributed by atoms with E-state index in [0.717, 1.165) is 11.5 Å². The molecule has 90 valence electrons. The monoisotopic (exact) mass is 241 g/mol. The molecule has 2 aliphatic rings. The summed E-state index contributed by atoms with van der Waals surface area (Å²) in [6.45, 7) is 0.686. The van der Waals surface area contributed by atoms with E-state index in [0.29, 0.717) is 25.0 Å². The summed E-state index contributed by atoms with van der Waals surface area (Å²) < 4.78 is 0. The summed E-state index contributed by atoms with van der Waals surface area (Å²) >= 11 is 5.27. The molecule has 0 spiro atoms. The van der Waals surface area contributed by atoms with Gasteiger partial charge in [-0.1, -0.05) is 12.8 Å². The van der Waals surface area contributed by atoms with Crippen LogP contribution in [-0.4, -0.2) is 29.6 Å². The number of hydrogen-bond donors (Lipinski definition) is 3. The number of piperidine rings is 1. The standard InChI is InChI=1S/C11H19N3OS/c15-10-6-5-9(7-12-10)14-11(16)13-8-3-1-2-4-8/h8-9H,1-7H2,(H,12,15)(H2,13,14,16). The van der Waals surface area contributed by atoms with Gasteiger partial charge in [0, 0.05) is 25.0 Å². The summed E-state index contributed by atoms with van der Waals surface area (Å²) in [6.07, 6.45) is 6.54. The van der Waals surface area contributed by atoms with E-state index < -0.39 is 0 Å². The topological polar surface area (TPSA) is 53.2 Å². The summed E-state index contributed by atoms with van der Waals surface area (Å²) in [5, 5.41) is 10.2. The van der Waals surface area contributed by atoms with Crippen LogP contribution in [-0.2, 0) is 4.79 Å². The Balaban J connectivity index is 1.68. The Kier molecular flexibility index (Phi) is 3.98. The van der Waals surface area contributed by atoms with Crippen molar-refractivity contribution in [1.82, 2.24) is 16.0 Å². The van der Waals surface area contributed by atoms with E-state index in [1.165, 1.54) is 25.7 Å². The lowest BCUT2D eigenvalue weighted by molar-refractivity contribution is -0.122. The van der Waals surface area contributed by atoms with E-state index in [4.69, 9.17) is 12.2 Å². The van der Waals surface area contributed by atoms with Crippen LogP contribution in [0.15, 0.2) is 0 Å². The molecule has 2 fully saturated rings. The number of carbonyl (C=O) groups excluding carboxylic acids is 1. The van der Waals surface area contributed by atoms with Crippen LogP contribution in [0.3, 0.4) is 0 Å². The van der Waals surface area contributed by atoms with E-state index in [2.05, 4.69) is 16.0 Å². The Hall–Kier alpha value is -0.840. The molecule has 5 heteroatoms. The molecule has 1 saturated carbocycles. The molecule has 1 unspecified atom stereocenters. The zero-order valence-electron chi connectivity index (χ0n) is 9.42. The Bertz CT molecular complexity index is 266. The quantitative estimate of drug-likeness (QED) is 0.622. The van der Waals surface area contributed by atoms with Crippen molar-refractivity contribution in [2.75, 3.05) is 6.54 Å². The number of amides is 1. The van der Waals surface area contributed by atoms with E-state index in [1.807, 2.05) is 0 Å². The van der Waals surface area contributed by atoms with Gasteiger partial charge in [-0.3, -0.25) is 4.79 Å². The molecule has 0 aromatic rings. The largest absolute Gasteiger partial charge is 0.360 e. The van der Waals surface area contributed by atoms with Gasteiger partial charge in [-0.05, 0) is 31.5 Å². The zero-order valence-corrected chi connectivity index (χ0v) is 10.2. The van der Waals surface area contributed by atoms with Crippen LogP contribution in [0.25, 0.3) is 0 Å². The molecule has 3 N–H and O–H groups in total. The molecule has 0 radical (unpaired) electrons. The van der Waals surface area contributed by atoms with Gasteiger partial charge < -0.3 is 16.0 Å². The first-order valence-electron chi connectivity index (χ1n) is 6.08. The van der Waals surface area contributed by atoms with E-state index in [1.54, 1.807) is 0 Å². The van der Waals surface area contributed by atoms with Crippen molar-refractivity contribution in [2.24, 2.45) is 0 Å². The molecule has 1 amide bonds. The first-order chi connectivity index (χ1) is 7.74. The van der Waals surface area contributed by atoms with Crippen LogP contribution in [0.5, 0.6) is 0 Å². The van der Waals surface area contributed by atoms with E-state index >= 15 is 0 Å². The minimum absolute atomic E-state index is 0.146. The Morgan fingerprint density at radius 3 is 2.50 bits per heavy atom. The number of rotatable bonds is 2. The van der Waals surface area contributed by atoms with Crippen molar-refractivity contribution in [3.8, 4) is 0 Å². The Labute approximate surface area is 102 Å². The fraction of sp³-hybridized carbons (Fsp3) is 0.818. The maximum atomic E-state index is 11.0. The zero-order chi connectivity index (χ0) is 11.4. The predicted octanol–water partition coefficient (Wildman–Crippen LogP) is 0.672. The van der Waals surface area contributed by atoms with Gasteiger partial charge in [-0.2, -0.15) is 0 Å². The second kappa shape index (κ2) is 5.48. The minimum atomic E-state index is 0.146. The molecule has 0 aromatic heterocycles. The Morgan fingerprint density at radius 2 is 1.88 bits per heavy atom. The number of carbonyl (C=O) groups is 1. The SMILES string of the molecule is O=C1CCC(NC(=S)NC2CCCC2)CN1. The van der Waals surface area contributed by atoms with E-state index in [9.17, 15) is 4.79 Å². The molecule has 1 saturated heterocycles. The molecule has 4 nitrogen and oxygen atoms in total. The van der Waals surface area contributed by atoms with E-state index in [-0.39, 0.29) is 5.91 Å². The highest BCUT2D eigenvalue weighted by molar-refractivity contribution is 7.80. The summed E-state index contributed by atoms with van der Waals surface area (Å²) in [5.41, 5.74) is 0. The smallest absolute Gasteiger partial charge is 0.220 e. The van der Waals surface area contributed by atoms with Gasteiger partial charge >= 0.3 is 0 Å². The maximum Gasteiger partial charge on any atom is 0.220 e. The van der Waals surface area contributed by atoms with Crippen LogP contribution >= 0.6 is 12.2 Å². The highest BCUT2D eigenvalue weighted by Crippen LogP contribution is 2.17. The van der Waals surface area contributed by atoms with Crippen LogP contribution in [0, 0.1) is 0 Å². The van der Waals surface area contributed by atoms with Gasteiger partial charge in [0.2, 0.25) is 5.91 Å². The third-order valence-corrected chi connectivity index (χ3v) is 3.53. The lowest BCUT2D eigenvalue weighted by Crippen LogP contribution is -2.51. The molecular formula is C11H19N3OS. The van der Waals surface area contributed by atoms with Crippen molar-refractivity contribution in [1.29, 1.82) is 0 Å². The molecule has 1 aliphatic carbocycles. The summed E-state index contributed by atoms with van der Waals surface area (Å²) in [4.78, 5) is 11.0. The molecule has 1 atom stereocenters. The van der Waals surface area contributed by atoms with Crippen LogP contribution in [0.1, 0.15) is 38.5 Å². The van der Waals surface area contributed by atoms with Crippen molar-refractivity contribution >= 4 is 23.2 Å². The van der Waals surface area contributed by atoms with Crippen LogP contribution in [0.2, 0.25) is 0 Å². The molecule has 2 rings (SSSR count). The van der Waals surface area contributed by atoms with Crippen molar-refractivity contribution < 1.29 is 4.79 Å². The summed E-state index contributed by atoms with van der Waals surface area (Å²) in [5.74, 6) is 0.146. The van der Waals surface area contributed by atoms with Crippen LogP contribution < -0.4 is 16.0 Å². The van der Waals surface area contributed by atoms with Gasteiger partial charge in [-0.15, -0.1) is 0 Å². The first-order valence-corrected chi connectivity index (χ1v) is 6.48. The summed E-state index contributed by atoms with van der Waals surface area (Å²) in [7, 11) is 0. The molecule has 16 heavy (non-hydrogen) atoms. The first kappa shape index (κ1) is 11.6. The molecule has 0 aromatic carbocycles. The van der Waals surface area contributed by atoms with Gasteiger partial charge in [0.25, 0.3) is 0 Å². The molecule has 1 aliphatic heterocycles. The predicted molar refractivity (Wildman–Crippen MR) is 67.2 cm³/mol. The van der Waals surface area contributed by atoms with Gasteiger partial charge in [0.1, 0.15) is 0 Å². The normalized spacial score (nSPS) is 26.2. The average Bonchev–Trinajstić information content (AvgIpc) is 2.74. The second-order valence-electron chi connectivity index (χ2n) is 4.64. The third-order valence-electron chi connectivity index (χ3n) is 3.29. The number of thiocarbonyl (C=S) groups is 1. The van der Waals surface area contributed by atoms with Crippen molar-refractivity contribution in [2.45, 2.75) is 50.6 Å². The fourth-order valence-electron chi connectivity index (χ4n) is 2.34.